The first kappa shape index (κ1) is 20.4. The van der Waals surface area contributed by atoms with E-state index < -0.39 is 0 Å². The monoisotopic (exact) mass is 484 g/mol. The van der Waals surface area contributed by atoms with Crippen LogP contribution in [0.3, 0.4) is 0 Å². The van der Waals surface area contributed by atoms with Gasteiger partial charge in [-0.3, -0.25) is 4.79 Å². The molecule has 1 N–H and O–H groups in total. The van der Waals surface area contributed by atoms with Crippen molar-refractivity contribution in [3.63, 3.8) is 0 Å². The van der Waals surface area contributed by atoms with E-state index in [0.717, 1.165) is 22.6 Å². The molecule has 1 unspecified atom stereocenters. The Balaban J connectivity index is 1.74. The lowest BCUT2D eigenvalue weighted by Crippen LogP contribution is -2.27. The maximum Gasteiger partial charge on any atom is 0.278 e. The highest BCUT2D eigenvalue weighted by molar-refractivity contribution is 9.10. The van der Waals surface area contributed by atoms with Crippen LogP contribution in [0.15, 0.2) is 76.3 Å². The minimum atomic E-state index is -0.378. The average molecular weight is 486 g/mol. The topological polar surface area (TPSA) is 62.1 Å². The number of carbonyl (C=O) groups excluding carboxylic acids is 1. The lowest BCUT2D eigenvalue weighted by molar-refractivity contribution is 0.0708. The largest absolute Gasteiger partial charge is 0.507 e. The van der Waals surface area contributed by atoms with Crippen molar-refractivity contribution < 1.29 is 14.6 Å². The predicted molar refractivity (Wildman–Crippen MR) is 120 cm³/mol. The van der Waals surface area contributed by atoms with Gasteiger partial charge in [-0.1, -0.05) is 39.7 Å². The molecular formula is C23H18BrClN2O3. The summed E-state index contributed by atoms with van der Waals surface area (Å²) >= 11 is 9.40. The van der Waals surface area contributed by atoms with Gasteiger partial charge in [0.25, 0.3) is 5.91 Å². The van der Waals surface area contributed by atoms with Crippen molar-refractivity contribution in [2.24, 2.45) is 5.10 Å². The quantitative estimate of drug-likeness (QED) is 0.507. The van der Waals surface area contributed by atoms with E-state index in [4.69, 9.17) is 16.3 Å². The predicted octanol–water partition coefficient (Wildman–Crippen LogP) is 5.81. The highest BCUT2D eigenvalue weighted by atomic mass is 79.9. The first-order chi connectivity index (χ1) is 14.5. The lowest BCUT2D eigenvalue weighted by Gasteiger charge is -2.22. The Kier molecular flexibility index (Phi) is 5.79. The van der Waals surface area contributed by atoms with Crippen molar-refractivity contribution in [2.75, 3.05) is 7.11 Å². The first-order valence-corrected chi connectivity index (χ1v) is 10.4. The van der Waals surface area contributed by atoms with E-state index in [0.29, 0.717) is 15.9 Å². The van der Waals surface area contributed by atoms with Gasteiger partial charge in [0, 0.05) is 15.9 Å². The van der Waals surface area contributed by atoms with Crippen LogP contribution in [0.2, 0.25) is 5.02 Å². The summed E-state index contributed by atoms with van der Waals surface area (Å²) in [5.74, 6) is 0.280. The van der Waals surface area contributed by atoms with Crippen LogP contribution in [0.5, 0.6) is 11.5 Å². The Hall–Kier alpha value is -2.83. The third kappa shape index (κ3) is 4.06. The minimum absolute atomic E-state index is 0.0915. The van der Waals surface area contributed by atoms with Crippen LogP contribution in [0.25, 0.3) is 0 Å². The zero-order valence-electron chi connectivity index (χ0n) is 16.0. The maximum absolute atomic E-state index is 13.3. The minimum Gasteiger partial charge on any atom is -0.507 e. The number of hydrogen-bond donors (Lipinski definition) is 1. The van der Waals surface area contributed by atoms with Crippen LogP contribution >= 0.6 is 27.5 Å². The molecule has 1 amide bonds. The van der Waals surface area contributed by atoms with E-state index in [-0.39, 0.29) is 23.3 Å². The van der Waals surface area contributed by atoms with Crippen molar-refractivity contribution in [3.05, 3.63) is 92.9 Å². The molecule has 1 aliphatic rings. The number of phenols is 1. The average Bonchev–Trinajstić information content (AvgIpc) is 3.21. The molecule has 7 heteroatoms. The highest BCUT2D eigenvalue weighted by Crippen LogP contribution is 2.36. The number of phenolic OH excluding ortho intramolecular Hbond substituents is 1. The number of rotatable bonds is 4. The van der Waals surface area contributed by atoms with E-state index in [1.54, 1.807) is 31.4 Å². The Bertz CT molecular complexity index is 1110. The van der Waals surface area contributed by atoms with Gasteiger partial charge in [-0.2, -0.15) is 5.10 Å². The van der Waals surface area contributed by atoms with Crippen LogP contribution < -0.4 is 4.74 Å². The van der Waals surface area contributed by atoms with Crippen LogP contribution in [0.4, 0.5) is 0 Å². The second-order valence-electron chi connectivity index (χ2n) is 6.86. The number of aromatic hydroxyl groups is 1. The lowest BCUT2D eigenvalue weighted by atomic mass is 9.98. The number of hydrazone groups is 1. The summed E-state index contributed by atoms with van der Waals surface area (Å²) in [7, 11) is 1.61. The normalized spacial score (nSPS) is 15.8. The number of ether oxygens (including phenoxy) is 1. The van der Waals surface area contributed by atoms with Crippen molar-refractivity contribution in [1.82, 2.24) is 5.01 Å². The van der Waals surface area contributed by atoms with Gasteiger partial charge in [0.2, 0.25) is 0 Å². The molecule has 4 rings (SSSR count). The summed E-state index contributed by atoms with van der Waals surface area (Å²) in [5.41, 5.74) is 2.78. The van der Waals surface area contributed by atoms with Gasteiger partial charge < -0.3 is 9.84 Å². The number of hydrogen-bond acceptors (Lipinski definition) is 4. The molecule has 0 fully saturated rings. The zero-order chi connectivity index (χ0) is 21.3. The molecule has 0 radical (unpaired) electrons. The van der Waals surface area contributed by atoms with E-state index in [2.05, 4.69) is 21.0 Å². The molecule has 0 saturated carbocycles. The molecule has 30 heavy (non-hydrogen) atoms. The van der Waals surface area contributed by atoms with E-state index in [9.17, 15) is 9.90 Å². The number of nitrogens with zero attached hydrogens (tertiary/aromatic N) is 2. The fraction of sp³-hybridized carbons (Fsp3) is 0.130. The van der Waals surface area contributed by atoms with Crippen LogP contribution in [0, 0.1) is 0 Å². The first-order valence-electron chi connectivity index (χ1n) is 9.25. The zero-order valence-corrected chi connectivity index (χ0v) is 18.4. The van der Waals surface area contributed by atoms with E-state index in [1.807, 2.05) is 36.4 Å². The number of methoxy groups -OCH3 is 1. The molecule has 1 aliphatic heterocycles. The third-order valence-electron chi connectivity index (χ3n) is 4.99. The number of halogens is 2. The van der Waals surface area contributed by atoms with Gasteiger partial charge in [-0.15, -0.1) is 0 Å². The van der Waals surface area contributed by atoms with Crippen molar-refractivity contribution in [2.45, 2.75) is 12.5 Å². The molecule has 0 bridgehead atoms. The van der Waals surface area contributed by atoms with E-state index in [1.165, 1.54) is 11.1 Å². The maximum atomic E-state index is 13.3. The molecular weight excluding hydrogens is 468 g/mol. The number of amides is 1. The van der Waals surface area contributed by atoms with Gasteiger partial charge in [0.15, 0.2) is 0 Å². The Morgan fingerprint density at radius 3 is 2.50 bits per heavy atom. The third-order valence-corrected chi connectivity index (χ3v) is 5.73. The second-order valence-corrected chi connectivity index (χ2v) is 8.21. The van der Waals surface area contributed by atoms with Gasteiger partial charge in [0.1, 0.15) is 11.5 Å². The summed E-state index contributed by atoms with van der Waals surface area (Å²) in [4.78, 5) is 13.3. The number of carbonyl (C=O) groups is 1. The second kappa shape index (κ2) is 8.50. The Morgan fingerprint density at radius 1 is 1.13 bits per heavy atom. The molecule has 0 aromatic heterocycles. The van der Waals surface area contributed by atoms with Crippen molar-refractivity contribution in [1.29, 1.82) is 0 Å². The summed E-state index contributed by atoms with van der Waals surface area (Å²) in [6.45, 7) is 0. The molecule has 1 heterocycles. The summed E-state index contributed by atoms with van der Waals surface area (Å²) in [6.07, 6.45) is 0.536. The molecule has 1 atom stereocenters. The van der Waals surface area contributed by atoms with Crippen molar-refractivity contribution >= 4 is 39.1 Å². The van der Waals surface area contributed by atoms with Crippen LogP contribution in [-0.4, -0.2) is 28.8 Å². The molecule has 0 aliphatic carbocycles. The van der Waals surface area contributed by atoms with Gasteiger partial charge >= 0.3 is 0 Å². The Morgan fingerprint density at radius 2 is 1.83 bits per heavy atom. The smallest absolute Gasteiger partial charge is 0.278 e. The standard InChI is InChI=1S/C23H18BrClN2O3/c1-30-18-9-4-14(5-10-18)20-13-21(15-2-7-17(25)8-3-15)27(26-20)23(29)19-12-16(24)6-11-22(19)28/h2-12,21,28H,13H2,1H3. The molecule has 0 spiro atoms. The SMILES string of the molecule is COc1ccc(C2=NN(C(=O)c3cc(Br)ccc3O)C(c3ccc(Cl)cc3)C2)cc1. The van der Waals surface area contributed by atoms with Gasteiger partial charge in [-0.25, -0.2) is 5.01 Å². The van der Waals surface area contributed by atoms with Gasteiger partial charge in [0.05, 0.1) is 24.4 Å². The molecule has 0 saturated heterocycles. The molecule has 152 valence electrons. The summed E-state index contributed by atoms with van der Waals surface area (Å²) in [6, 6.07) is 19.4. The highest BCUT2D eigenvalue weighted by Gasteiger charge is 2.34. The number of benzene rings is 3. The molecule has 5 nitrogen and oxygen atoms in total. The molecule has 3 aromatic carbocycles. The van der Waals surface area contributed by atoms with Crippen molar-refractivity contribution in [3.8, 4) is 11.5 Å². The molecule has 3 aromatic rings. The van der Waals surface area contributed by atoms with E-state index >= 15 is 0 Å². The van der Waals surface area contributed by atoms with Gasteiger partial charge in [-0.05, 0) is 65.7 Å². The fourth-order valence-corrected chi connectivity index (χ4v) is 3.89. The Labute approximate surface area is 187 Å². The summed E-state index contributed by atoms with van der Waals surface area (Å²) < 4.78 is 5.93. The van der Waals surface area contributed by atoms with Crippen LogP contribution in [-0.2, 0) is 0 Å². The van der Waals surface area contributed by atoms with Crippen LogP contribution in [0.1, 0.15) is 33.9 Å². The fourth-order valence-electron chi connectivity index (χ4n) is 3.40. The summed E-state index contributed by atoms with van der Waals surface area (Å²) in [5, 5.41) is 16.9.